The molecule has 1 unspecified atom stereocenters. The molecule has 3 heterocycles. The van der Waals surface area contributed by atoms with E-state index in [1.54, 1.807) is 29.3 Å². The second kappa shape index (κ2) is 5.24. The molecule has 2 aliphatic rings. The predicted octanol–water partition coefficient (Wildman–Crippen LogP) is 0.991. The van der Waals surface area contributed by atoms with Crippen LogP contribution < -0.4 is 0 Å². The lowest BCUT2D eigenvalue weighted by Gasteiger charge is -2.21. The number of rotatable bonds is 2. The van der Waals surface area contributed by atoms with Crippen molar-refractivity contribution >= 4 is 28.8 Å². The largest absolute Gasteiger partial charge is 0.335 e. The monoisotopic (exact) mass is 291 g/mol. The van der Waals surface area contributed by atoms with Crippen molar-refractivity contribution in [3.8, 4) is 0 Å². The smallest absolute Gasteiger partial charge is 0.289 e. The van der Waals surface area contributed by atoms with Crippen molar-refractivity contribution in [2.24, 2.45) is 0 Å². The van der Waals surface area contributed by atoms with Crippen LogP contribution >= 0.6 is 11.8 Å². The molecule has 0 aromatic carbocycles. The Hall–Kier alpha value is -1.89. The minimum absolute atomic E-state index is 0.153. The summed E-state index contributed by atoms with van der Waals surface area (Å²) < 4.78 is 0. The summed E-state index contributed by atoms with van der Waals surface area (Å²) in [6.45, 7) is 0.940. The number of carbonyl (C=O) groups is 3. The van der Waals surface area contributed by atoms with Gasteiger partial charge in [0, 0.05) is 19.3 Å². The SMILES string of the molecule is O=C(c1ccccn1)N1CCC(N2C(=O)CSC2=O)C1. The van der Waals surface area contributed by atoms with E-state index in [1.165, 1.54) is 4.90 Å². The Bertz CT molecular complexity index is 547. The molecule has 6 nitrogen and oxygen atoms in total. The molecule has 1 atom stereocenters. The molecule has 20 heavy (non-hydrogen) atoms. The number of carbonyl (C=O) groups excluding carboxylic acids is 3. The minimum Gasteiger partial charge on any atom is -0.335 e. The quantitative estimate of drug-likeness (QED) is 0.812. The van der Waals surface area contributed by atoms with Gasteiger partial charge in [-0.1, -0.05) is 17.8 Å². The van der Waals surface area contributed by atoms with Crippen molar-refractivity contribution < 1.29 is 14.4 Å². The summed E-state index contributed by atoms with van der Waals surface area (Å²) in [6.07, 6.45) is 2.21. The molecule has 0 radical (unpaired) electrons. The molecular weight excluding hydrogens is 278 g/mol. The van der Waals surface area contributed by atoms with E-state index in [9.17, 15) is 14.4 Å². The zero-order chi connectivity index (χ0) is 14.1. The third-order valence-corrected chi connectivity index (χ3v) is 4.32. The number of hydrogen-bond donors (Lipinski definition) is 0. The van der Waals surface area contributed by atoms with Gasteiger partial charge in [0.15, 0.2) is 0 Å². The van der Waals surface area contributed by atoms with Crippen LogP contribution in [0.2, 0.25) is 0 Å². The molecule has 2 saturated heterocycles. The van der Waals surface area contributed by atoms with Crippen molar-refractivity contribution in [3.63, 3.8) is 0 Å². The van der Waals surface area contributed by atoms with Crippen molar-refractivity contribution in [3.05, 3.63) is 30.1 Å². The van der Waals surface area contributed by atoms with Crippen molar-refractivity contribution in [2.75, 3.05) is 18.8 Å². The Morgan fingerprint density at radius 3 is 2.85 bits per heavy atom. The van der Waals surface area contributed by atoms with Crippen LogP contribution in [-0.2, 0) is 4.79 Å². The first-order valence-corrected chi connectivity index (χ1v) is 7.34. The highest BCUT2D eigenvalue weighted by Gasteiger charge is 2.40. The molecule has 104 valence electrons. The van der Waals surface area contributed by atoms with Gasteiger partial charge in [-0.2, -0.15) is 0 Å². The maximum absolute atomic E-state index is 12.2. The fourth-order valence-corrected chi connectivity index (χ4v) is 3.28. The molecule has 0 spiro atoms. The van der Waals surface area contributed by atoms with Crippen LogP contribution in [0.1, 0.15) is 16.9 Å². The van der Waals surface area contributed by atoms with Crippen LogP contribution in [0.5, 0.6) is 0 Å². The van der Waals surface area contributed by atoms with Gasteiger partial charge >= 0.3 is 0 Å². The summed E-state index contributed by atoms with van der Waals surface area (Å²) in [5.74, 6) is -0.0965. The first-order valence-electron chi connectivity index (χ1n) is 6.36. The summed E-state index contributed by atoms with van der Waals surface area (Å²) in [5.41, 5.74) is 0.390. The molecule has 0 bridgehead atoms. The van der Waals surface area contributed by atoms with E-state index in [1.807, 2.05) is 0 Å². The standard InChI is InChI=1S/C13H13N3O3S/c17-11-8-20-13(19)16(11)9-4-6-15(7-9)12(18)10-3-1-2-5-14-10/h1-3,5,9H,4,6-8H2. The molecule has 0 N–H and O–H groups in total. The van der Waals surface area contributed by atoms with E-state index < -0.39 is 0 Å². The van der Waals surface area contributed by atoms with E-state index >= 15 is 0 Å². The number of pyridine rings is 1. The van der Waals surface area contributed by atoms with E-state index in [2.05, 4.69) is 4.98 Å². The van der Waals surface area contributed by atoms with Crippen LogP contribution in [0.3, 0.4) is 0 Å². The van der Waals surface area contributed by atoms with Gasteiger partial charge in [-0.15, -0.1) is 0 Å². The van der Waals surface area contributed by atoms with Gasteiger partial charge in [0.25, 0.3) is 11.1 Å². The summed E-state index contributed by atoms with van der Waals surface area (Å²) in [7, 11) is 0. The van der Waals surface area contributed by atoms with Crippen LogP contribution in [0.15, 0.2) is 24.4 Å². The fourth-order valence-electron chi connectivity index (χ4n) is 2.51. The topological polar surface area (TPSA) is 70.6 Å². The second-order valence-electron chi connectivity index (χ2n) is 4.73. The first-order chi connectivity index (χ1) is 9.66. The van der Waals surface area contributed by atoms with Gasteiger partial charge in [0.1, 0.15) is 5.69 Å². The van der Waals surface area contributed by atoms with E-state index in [0.717, 1.165) is 11.8 Å². The molecular formula is C13H13N3O3S. The van der Waals surface area contributed by atoms with Crippen LogP contribution in [-0.4, -0.2) is 56.7 Å². The molecule has 3 amide bonds. The summed E-state index contributed by atoms with van der Waals surface area (Å²) >= 11 is 1.03. The molecule has 7 heteroatoms. The van der Waals surface area contributed by atoms with Gasteiger partial charge in [0.05, 0.1) is 11.8 Å². The third-order valence-electron chi connectivity index (χ3n) is 3.48. The first kappa shape index (κ1) is 13.1. The van der Waals surface area contributed by atoms with Crippen molar-refractivity contribution in [1.82, 2.24) is 14.8 Å². The fraction of sp³-hybridized carbons (Fsp3) is 0.385. The van der Waals surface area contributed by atoms with Crippen molar-refractivity contribution in [1.29, 1.82) is 0 Å². The summed E-state index contributed by atoms with van der Waals surface area (Å²) in [5, 5.41) is -0.202. The lowest BCUT2D eigenvalue weighted by Crippen LogP contribution is -2.41. The molecule has 3 rings (SSSR count). The predicted molar refractivity (Wildman–Crippen MR) is 73.2 cm³/mol. The highest BCUT2D eigenvalue weighted by molar-refractivity contribution is 8.14. The molecule has 2 fully saturated rings. The number of thioether (sulfide) groups is 1. The van der Waals surface area contributed by atoms with E-state index in [-0.39, 0.29) is 28.8 Å². The number of likely N-dealkylation sites (tertiary alicyclic amines) is 1. The van der Waals surface area contributed by atoms with E-state index in [0.29, 0.717) is 25.2 Å². The minimum atomic E-state index is -0.202. The number of imide groups is 1. The van der Waals surface area contributed by atoms with Gasteiger partial charge < -0.3 is 4.90 Å². The molecule has 0 saturated carbocycles. The summed E-state index contributed by atoms with van der Waals surface area (Å²) in [6, 6.07) is 4.98. The average Bonchev–Trinajstić information content (AvgIpc) is 3.06. The summed E-state index contributed by atoms with van der Waals surface area (Å²) in [4.78, 5) is 42.6. The number of amides is 3. The van der Waals surface area contributed by atoms with Crippen LogP contribution in [0, 0.1) is 0 Å². The Balaban J connectivity index is 1.69. The van der Waals surface area contributed by atoms with Crippen LogP contribution in [0.25, 0.3) is 0 Å². The zero-order valence-electron chi connectivity index (χ0n) is 10.7. The highest BCUT2D eigenvalue weighted by Crippen LogP contribution is 2.26. The lowest BCUT2D eigenvalue weighted by molar-refractivity contribution is -0.126. The Morgan fingerprint density at radius 2 is 2.20 bits per heavy atom. The maximum Gasteiger partial charge on any atom is 0.289 e. The van der Waals surface area contributed by atoms with Gasteiger partial charge in [-0.05, 0) is 18.6 Å². The molecule has 1 aromatic rings. The Kier molecular flexibility index (Phi) is 3.43. The number of nitrogens with zero attached hydrogens (tertiary/aromatic N) is 3. The van der Waals surface area contributed by atoms with Crippen molar-refractivity contribution in [2.45, 2.75) is 12.5 Å². The number of aromatic nitrogens is 1. The lowest BCUT2D eigenvalue weighted by atomic mass is 10.2. The third kappa shape index (κ3) is 2.29. The molecule has 0 aliphatic carbocycles. The molecule has 1 aromatic heterocycles. The molecule has 2 aliphatic heterocycles. The van der Waals surface area contributed by atoms with E-state index in [4.69, 9.17) is 0 Å². The average molecular weight is 291 g/mol. The van der Waals surface area contributed by atoms with Gasteiger partial charge in [0.2, 0.25) is 5.91 Å². The number of hydrogen-bond acceptors (Lipinski definition) is 5. The van der Waals surface area contributed by atoms with Gasteiger partial charge in [-0.25, -0.2) is 0 Å². The maximum atomic E-state index is 12.2. The second-order valence-corrected chi connectivity index (χ2v) is 5.65. The van der Waals surface area contributed by atoms with Crippen LogP contribution in [0.4, 0.5) is 4.79 Å². The van der Waals surface area contributed by atoms with Gasteiger partial charge in [-0.3, -0.25) is 24.3 Å². The Labute approximate surface area is 120 Å². The Morgan fingerprint density at radius 1 is 1.35 bits per heavy atom. The highest BCUT2D eigenvalue weighted by atomic mass is 32.2. The zero-order valence-corrected chi connectivity index (χ0v) is 11.5. The normalized spacial score (nSPS) is 22.7.